The average molecular weight is 326 g/mol. The fourth-order valence-electron chi connectivity index (χ4n) is 5.26. The van der Waals surface area contributed by atoms with E-state index in [9.17, 15) is 4.79 Å². The van der Waals surface area contributed by atoms with Crippen LogP contribution in [-0.2, 0) is 11.3 Å². The Morgan fingerprint density at radius 1 is 1.17 bits per heavy atom. The minimum Gasteiger partial charge on any atom is -0.371 e. The first-order chi connectivity index (χ1) is 11.7. The van der Waals surface area contributed by atoms with E-state index < -0.39 is 0 Å². The molecule has 4 rings (SSSR count). The van der Waals surface area contributed by atoms with Gasteiger partial charge in [-0.2, -0.15) is 0 Å². The fraction of sp³-hybridized carbons (Fsp3) is 0.667. The Morgan fingerprint density at radius 2 is 1.96 bits per heavy atom. The van der Waals surface area contributed by atoms with Gasteiger partial charge in [-0.1, -0.05) is 24.6 Å². The van der Waals surface area contributed by atoms with Crippen LogP contribution in [0.15, 0.2) is 24.3 Å². The molecule has 1 amide bonds. The first kappa shape index (κ1) is 16.0. The Morgan fingerprint density at radius 3 is 2.67 bits per heavy atom. The third-order valence-corrected chi connectivity index (χ3v) is 6.59. The number of hydrogen-bond acceptors (Lipinski definition) is 2. The molecular formula is C21H30N2O. The molecule has 1 aliphatic heterocycles. The number of nitrogens with zero attached hydrogens (tertiary/aromatic N) is 2. The molecule has 3 heteroatoms. The summed E-state index contributed by atoms with van der Waals surface area (Å²) >= 11 is 0. The van der Waals surface area contributed by atoms with Gasteiger partial charge in [-0.05, 0) is 61.5 Å². The molecule has 1 saturated heterocycles. The SMILES string of the molecule is CN(Cc1ccccc1N1CCCC1)C(=O)CC1CC2CCC1C2. The minimum atomic E-state index is 0.337. The van der Waals surface area contributed by atoms with Gasteiger partial charge in [0.15, 0.2) is 0 Å². The van der Waals surface area contributed by atoms with Crippen molar-refractivity contribution in [2.45, 2.75) is 51.5 Å². The van der Waals surface area contributed by atoms with E-state index in [0.29, 0.717) is 11.8 Å². The molecule has 3 atom stereocenters. The van der Waals surface area contributed by atoms with Gasteiger partial charge in [0.1, 0.15) is 0 Å². The number of amides is 1. The lowest BCUT2D eigenvalue weighted by atomic mass is 9.86. The van der Waals surface area contributed by atoms with Crippen LogP contribution in [0.25, 0.3) is 0 Å². The van der Waals surface area contributed by atoms with Crippen molar-refractivity contribution in [3.63, 3.8) is 0 Å². The maximum absolute atomic E-state index is 12.7. The van der Waals surface area contributed by atoms with E-state index in [4.69, 9.17) is 0 Å². The number of para-hydroxylation sites is 1. The molecule has 2 aliphatic carbocycles. The summed E-state index contributed by atoms with van der Waals surface area (Å²) in [5.41, 5.74) is 2.62. The van der Waals surface area contributed by atoms with Gasteiger partial charge in [0.25, 0.3) is 0 Å². The molecule has 3 aliphatic rings. The van der Waals surface area contributed by atoms with Gasteiger partial charge in [0.2, 0.25) is 5.91 Å². The number of carbonyl (C=O) groups excluding carboxylic acids is 1. The molecule has 3 fully saturated rings. The Hall–Kier alpha value is -1.51. The van der Waals surface area contributed by atoms with Crippen LogP contribution in [0.3, 0.4) is 0 Å². The number of anilines is 1. The highest BCUT2D eigenvalue weighted by molar-refractivity contribution is 5.76. The number of fused-ring (bicyclic) bond motifs is 2. The monoisotopic (exact) mass is 326 g/mol. The first-order valence-corrected chi connectivity index (χ1v) is 9.77. The predicted octanol–water partition coefficient (Wildman–Crippen LogP) is 4.07. The van der Waals surface area contributed by atoms with Gasteiger partial charge < -0.3 is 9.80 Å². The van der Waals surface area contributed by atoms with E-state index in [0.717, 1.165) is 37.9 Å². The van der Waals surface area contributed by atoms with Crippen molar-refractivity contribution < 1.29 is 4.79 Å². The Kier molecular flexibility index (Phi) is 4.51. The van der Waals surface area contributed by atoms with E-state index in [1.54, 1.807) is 0 Å². The number of benzene rings is 1. The van der Waals surface area contributed by atoms with Crippen LogP contribution >= 0.6 is 0 Å². The lowest BCUT2D eigenvalue weighted by Gasteiger charge is -2.27. The molecule has 1 aromatic rings. The molecule has 2 saturated carbocycles. The lowest BCUT2D eigenvalue weighted by Crippen LogP contribution is -2.30. The van der Waals surface area contributed by atoms with Gasteiger partial charge in [0, 0.05) is 38.8 Å². The molecule has 0 aromatic heterocycles. The van der Waals surface area contributed by atoms with Gasteiger partial charge in [-0.25, -0.2) is 0 Å². The maximum Gasteiger partial charge on any atom is 0.222 e. The summed E-state index contributed by atoms with van der Waals surface area (Å²) in [6, 6.07) is 8.63. The van der Waals surface area contributed by atoms with Crippen molar-refractivity contribution in [2.24, 2.45) is 17.8 Å². The second kappa shape index (κ2) is 6.78. The van der Waals surface area contributed by atoms with Crippen molar-refractivity contribution >= 4 is 11.6 Å². The third-order valence-electron chi connectivity index (χ3n) is 6.59. The van der Waals surface area contributed by atoms with Crippen molar-refractivity contribution in [1.29, 1.82) is 0 Å². The highest BCUT2D eigenvalue weighted by Crippen LogP contribution is 2.49. The second-order valence-corrected chi connectivity index (χ2v) is 8.21. The van der Waals surface area contributed by atoms with Crippen LogP contribution in [0, 0.1) is 17.8 Å². The van der Waals surface area contributed by atoms with E-state index in [1.165, 1.54) is 49.8 Å². The largest absolute Gasteiger partial charge is 0.371 e. The summed E-state index contributed by atoms with van der Waals surface area (Å²) in [5, 5.41) is 0. The predicted molar refractivity (Wildman–Crippen MR) is 97.9 cm³/mol. The maximum atomic E-state index is 12.7. The molecule has 0 spiro atoms. The van der Waals surface area contributed by atoms with E-state index in [2.05, 4.69) is 29.2 Å². The number of carbonyl (C=O) groups is 1. The van der Waals surface area contributed by atoms with Gasteiger partial charge >= 0.3 is 0 Å². The average Bonchev–Trinajstić information content (AvgIpc) is 3.33. The summed E-state index contributed by atoms with van der Waals surface area (Å²) in [6.07, 6.45) is 8.80. The summed E-state index contributed by atoms with van der Waals surface area (Å²) in [5.74, 6) is 2.76. The van der Waals surface area contributed by atoms with Crippen LogP contribution in [0.5, 0.6) is 0 Å². The summed E-state index contributed by atoms with van der Waals surface area (Å²) < 4.78 is 0. The Balaban J connectivity index is 1.38. The normalized spacial score (nSPS) is 28.5. The van der Waals surface area contributed by atoms with Gasteiger partial charge in [-0.15, -0.1) is 0 Å². The zero-order valence-electron chi connectivity index (χ0n) is 14.9. The van der Waals surface area contributed by atoms with Gasteiger partial charge in [0.05, 0.1) is 0 Å². The Bertz CT molecular complexity index is 593. The fourth-order valence-corrected chi connectivity index (χ4v) is 5.26. The highest BCUT2D eigenvalue weighted by atomic mass is 16.2. The second-order valence-electron chi connectivity index (χ2n) is 8.21. The van der Waals surface area contributed by atoms with E-state index in [1.807, 2.05) is 11.9 Å². The van der Waals surface area contributed by atoms with Gasteiger partial charge in [-0.3, -0.25) is 4.79 Å². The first-order valence-electron chi connectivity index (χ1n) is 9.77. The van der Waals surface area contributed by atoms with Crippen LogP contribution in [0.2, 0.25) is 0 Å². The summed E-state index contributed by atoms with van der Waals surface area (Å²) in [6.45, 7) is 3.05. The molecule has 0 radical (unpaired) electrons. The number of hydrogen-bond donors (Lipinski definition) is 0. The molecule has 1 heterocycles. The minimum absolute atomic E-state index is 0.337. The van der Waals surface area contributed by atoms with Crippen LogP contribution < -0.4 is 4.90 Å². The smallest absolute Gasteiger partial charge is 0.222 e. The molecule has 2 bridgehead atoms. The summed E-state index contributed by atoms with van der Waals surface area (Å²) in [4.78, 5) is 17.2. The van der Waals surface area contributed by atoms with Crippen molar-refractivity contribution in [3.8, 4) is 0 Å². The molecule has 24 heavy (non-hydrogen) atoms. The van der Waals surface area contributed by atoms with E-state index in [-0.39, 0.29) is 0 Å². The molecule has 3 nitrogen and oxygen atoms in total. The zero-order valence-corrected chi connectivity index (χ0v) is 14.9. The molecular weight excluding hydrogens is 296 g/mol. The lowest BCUT2D eigenvalue weighted by molar-refractivity contribution is -0.131. The highest BCUT2D eigenvalue weighted by Gasteiger charge is 2.40. The van der Waals surface area contributed by atoms with E-state index >= 15 is 0 Å². The molecule has 130 valence electrons. The van der Waals surface area contributed by atoms with Crippen LogP contribution in [0.1, 0.15) is 50.5 Å². The zero-order chi connectivity index (χ0) is 16.5. The molecule has 1 aromatic carbocycles. The quantitative estimate of drug-likeness (QED) is 0.814. The van der Waals surface area contributed by atoms with Crippen molar-refractivity contribution in [1.82, 2.24) is 4.90 Å². The van der Waals surface area contributed by atoms with Crippen LogP contribution in [0.4, 0.5) is 5.69 Å². The molecule has 0 N–H and O–H groups in total. The summed E-state index contributed by atoms with van der Waals surface area (Å²) in [7, 11) is 1.98. The standard InChI is InChI=1S/C21H30N2O/c1-22(21(24)14-19-13-16-8-9-17(19)12-16)15-18-6-2-3-7-20(18)23-10-4-5-11-23/h2-3,6-7,16-17,19H,4-5,8-15H2,1H3. The topological polar surface area (TPSA) is 23.6 Å². The van der Waals surface area contributed by atoms with Crippen molar-refractivity contribution in [2.75, 3.05) is 25.0 Å². The third kappa shape index (κ3) is 3.18. The Labute approximate surface area is 146 Å². The number of rotatable bonds is 5. The van der Waals surface area contributed by atoms with Crippen LogP contribution in [-0.4, -0.2) is 30.9 Å². The molecule has 3 unspecified atom stereocenters. The van der Waals surface area contributed by atoms with Crippen molar-refractivity contribution in [3.05, 3.63) is 29.8 Å².